The largest absolute Gasteiger partial charge is 0.391 e. The van der Waals surface area contributed by atoms with Gasteiger partial charge in [-0.15, -0.1) is 0 Å². The van der Waals surface area contributed by atoms with Gasteiger partial charge in [0.25, 0.3) is 5.91 Å². The molecule has 1 aromatic carbocycles. The van der Waals surface area contributed by atoms with Crippen molar-refractivity contribution in [3.63, 3.8) is 0 Å². The fraction of sp³-hybridized carbons (Fsp3) is 0.375. The van der Waals surface area contributed by atoms with Crippen LogP contribution in [0.3, 0.4) is 0 Å². The highest BCUT2D eigenvalue weighted by Crippen LogP contribution is 2.33. The van der Waals surface area contributed by atoms with Crippen molar-refractivity contribution < 1.29 is 18.8 Å². The quantitative estimate of drug-likeness (QED) is 0.845. The number of carbonyl (C=O) groups is 1. The lowest BCUT2D eigenvalue weighted by molar-refractivity contribution is 0.0909. The van der Waals surface area contributed by atoms with Crippen molar-refractivity contribution in [3.8, 4) is 11.3 Å². The molecule has 0 radical (unpaired) electrons. The van der Waals surface area contributed by atoms with Gasteiger partial charge in [0.15, 0.2) is 0 Å². The molecule has 0 saturated heterocycles. The average molecular weight is 341 g/mol. The number of amides is 1. The van der Waals surface area contributed by atoms with Crippen LogP contribution >= 0.6 is 11.6 Å². The first-order chi connectivity index (χ1) is 11.0. The summed E-state index contributed by atoms with van der Waals surface area (Å²) >= 11 is 6.03. The van der Waals surface area contributed by atoms with Crippen molar-refractivity contribution >= 4 is 17.5 Å². The number of nitrogens with one attached hydrogen (secondary N) is 1. The first kappa shape index (κ1) is 17.4. The summed E-state index contributed by atoms with van der Waals surface area (Å²) in [6.45, 7) is 3.60. The Bertz CT molecular complexity index is 682. The number of hydrogen-bond donors (Lipinski definition) is 2. The van der Waals surface area contributed by atoms with Crippen LogP contribution in [0.15, 0.2) is 22.7 Å². The molecule has 1 atom stereocenters. The Balaban J connectivity index is 2.30. The van der Waals surface area contributed by atoms with Gasteiger partial charge in [0.05, 0.1) is 16.7 Å². The molecular weight excluding hydrogens is 323 g/mol. The fourth-order valence-electron chi connectivity index (χ4n) is 2.27. The second kappa shape index (κ2) is 7.57. The van der Waals surface area contributed by atoms with Crippen LogP contribution in [-0.2, 0) is 0 Å². The molecule has 0 aliphatic rings. The lowest BCUT2D eigenvalue weighted by Gasteiger charge is -2.11. The maximum absolute atomic E-state index is 14.1. The Morgan fingerprint density at radius 3 is 2.91 bits per heavy atom. The van der Waals surface area contributed by atoms with Gasteiger partial charge >= 0.3 is 0 Å². The second-order valence-corrected chi connectivity index (χ2v) is 5.62. The minimum Gasteiger partial charge on any atom is -0.391 e. The Hall–Kier alpha value is -1.92. The number of benzene rings is 1. The van der Waals surface area contributed by atoms with Gasteiger partial charge in [0.1, 0.15) is 22.8 Å². The molecule has 1 heterocycles. The van der Waals surface area contributed by atoms with E-state index in [9.17, 15) is 14.3 Å². The molecule has 1 unspecified atom stereocenters. The highest BCUT2D eigenvalue weighted by Gasteiger charge is 2.25. The van der Waals surface area contributed by atoms with E-state index in [2.05, 4.69) is 10.5 Å². The van der Waals surface area contributed by atoms with Crippen molar-refractivity contribution in [2.24, 2.45) is 0 Å². The van der Waals surface area contributed by atoms with Gasteiger partial charge in [-0.25, -0.2) is 4.39 Å². The van der Waals surface area contributed by atoms with Crippen LogP contribution in [0.25, 0.3) is 11.3 Å². The number of hydrogen-bond acceptors (Lipinski definition) is 4. The molecule has 2 N–H and O–H groups in total. The number of aliphatic hydroxyl groups excluding tert-OH is 1. The SMILES string of the molecule is CCCC(O)CNC(=O)c1c(-c2c(F)cccc2Cl)noc1C. The summed E-state index contributed by atoms with van der Waals surface area (Å²) in [6.07, 6.45) is 0.749. The van der Waals surface area contributed by atoms with Gasteiger partial charge in [-0.2, -0.15) is 0 Å². The number of halogens is 2. The van der Waals surface area contributed by atoms with Gasteiger partial charge in [-0.05, 0) is 25.5 Å². The standard InChI is InChI=1S/C16H18ClFN2O3/c1-3-5-10(21)8-19-16(22)13-9(2)23-20-15(13)14-11(17)6-4-7-12(14)18/h4,6-7,10,21H,3,5,8H2,1-2H3,(H,19,22). The summed E-state index contributed by atoms with van der Waals surface area (Å²) in [7, 11) is 0. The smallest absolute Gasteiger partial charge is 0.257 e. The molecule has 0 aliphatic carbocycles. The second-order valence-electron chi connectivity index (χ2n) is 5.21. The number of aromatic nitrogens is 1. The van der Waals surface area contributed by atoms with Crippen LogP contribution in [0.1, 0.15) is 35.9 Å². The average Bonchev–Trinajstić information content (AvgIpc) is 2.87. The van der Waals surface area contributed by atoms with E-state index in [1.165, 1.54) is 18.2 Å². The fourth-order valence-corrected chi connectivity index (χ4v) is 2.52. The zero-order valence-electron chi connectivity index (χ0n) is 12.9. The normalized spacial score (nSPS) is 12.2. The molecule has 23 heavy (non-hydrogen) atoms. The number of aliphatic hydroxyl groups is 1. The van der Waals surface area contributed by atoms with Crippen molar-refractivity contribution in [3.05, 3.63) is 40.4 Å². The molecule has 5 nitrogen and oxygen atoms in total. The molecule has 2 aromatic rings. The van der Waals surface area contributed by atoms with Crippen LogP contribution in [-0.4, -0.2) is 28.8 Å². The van der Waals surface area contributed by atoms with E-state index in [-0.39, 0.29) is 34.1 Å². The Kier molecular flexibility index (Phi) is 5.74. The summed E-state index contributed by atoms with van der Waals surface area (Å²) < 4.78 is 19.1. The van der Waals surface area contributed by atoms with Crippen molar-refractivity contribution in [1.29, 1.82) is 0 Å². The summed E-state index contributed by atoms with van der Waals surface area (Å²) in [5, 5.41) is 16.2. The van der Waals surface area contributed by atoms with Gasteiger partial charge in [-0.3, -0.25) is 4.79 Å². The van der Waals surface area contributed by atoms with E-state index in [1.807, 2.05) is 6.92 Å². The zero-order valence-corrected chi connectivity index (χ0v) is 13.7. The summed E-state index contributed by atoms with van der Waals surface area (Å²) in [4.78, 5) is 12.4. The van der Waals surface area contributed by atoms with Crippen LogP contribution in [0.5, 0.6) is 0 Å². The molecule has 0 saturated carbocycles. The highest BCUT2D eigenvalue weighted by molar-refractivity contribution is 6.33. The van der Waals surface area contributed by atoms with Crippen molar-refractivity contribution in [2.45, 2.75) is 32.8 Å². The van der Waals surface area contributed by atoms with Crippen LogP contribution < -0.4 is 5.32 Å². The molecule has 1 aromatic heterocycles. The number of carbonyl (C=O) groups excluding carboxylic acids is 1. The van der Waals surface area contributed by atoms with E-state index in [4.69, 9.17) is 16.1 Å². The molecule has 1 amide bonds. The minimum absolute atomic E-state index is 0.0188. The van der Waals surface area contributed by atoms with Crippen LogP contribution in [0.4, 0.5) is 4.39 Å². The molecule has 0 fully saturated rings. The molecule has 0 spiro atoms. The molecule has 0 aliphatic heterocycles. The molecular formula is C16H18ClFN2O3. The first-order valence-electron chi connectivity index (χ1n) is 7.32. The lowest BCUT2D eigenvalue weighted by Crippen LogP contribution is -2.32. The molecule has 2 rings (SSSR count). The summed E-state index contributed by atoms with van der Waals surface area (Å²) in [5.74, 6) is -0.833. The van der Waals surface area contributed by atoms with Crippen LogP contribution in [0.2, 0.25) is 5.02 Å². The third-order valence-electron chi connectivity index (χ3n) is 3.41. The number of nitrogens with zero attached hydrogens (tertiary/aromatic N) is 1. The van der Waals surface area contributed by atoms with Gasteiger partial charge < -0.3 is 14.9 Å². The highest BCUT2D eigenvalue weighted by atomic mass is 35.5. The van der Waals surface area contributed by atoms with E-state index in [1.54, 1.807) is 6.92 Å². The topological polar surface area (TPSA) is 75.4 Å². The number of rotatable bonds is 6. The maximum Gasteiger partial charge on any atom is 0.257 e. The maximum atomic E-state index is 14.1. The third-order valence-corrected chi connectivity index (χ3v) is 3.72. The molecule has 0 bridgehead atoms. The Morgan fingerprint density at radius 1 is 1.52 bits per heavy atom. The van der Waals surface area contributed by atoms with E-state index in [0.717, 1.165) is 6.42 Å². The number of aryl methyl sites for hydroxylation is 1. The molecule has 7 heteroatoms. The monoisotopic (exact) mass is 340 g/mol. The Morgan fingerprint density at radius 2 is 2.26 bits per heavy atom. The lowest BCUT2D eigenvalue weighted by atomic mass is 10.0. The zero-order chi connectivity index (χ0) is 17.0. The predicted molar refractivity (Wildman–Crippen MR) is 84.9 cm³/mol. The Labute approximate surface area is 138 Å². The van der Waals surface area contributed by atoms with E-state index >= 15 is 0 Å². The van der Waals surface area contributed by atoms with E-state index in [0.29, 0.717) is 6.42 Å². The van der Waals surface area contributed by atoms with Crippen molar-refractivity contribution in [2.75, 3.05) is 6.54 Å². The van der Waals surface area contributed by atoms with Gasteiger partial charge in [0, 0.05) is 6.54 Å². The van der Waals surface area contributed by atoms with Crippen LogP contribution in [0, 0.1) is 12.7 Å². The summed E-state index contributed by atoms with van der Waals surface area (Å²) in [5.41, 5.74) is 0.180. The predicted octanol–water partition coefficient (Wildman–Crippen LogP) is 3.33. The molecule has 124 valence electrons. The minimum atomic E-state index is -0.635. The summed E-state index contributed by atoms with van der Waals surface area (Å²) in [6, 6.07) is 4.21. The van der Waals surface area contributed by atoms with Gasteiger partial charge in [0.2, 0.25) is 0 Å². The van der Waals surface area contributed by atoms with Gasteiger partial charge in [-0.1, -0.05) is 36.2 Å². The third kappa shape index (κ3) is 3.89. The van der Waals surface area contributed by atoms with E-state index < -0.39 is 17.8 Å². The van der Waals surface area contributed by atoms with Crippen molar-refractivity contribution in [1.82, 2.24) is 10.5 Å². The first-order valence-corrected chi connectivity index (χ1v) is 7.70.